The van der Waals surface area contributed by atoms with Crippen LogP contribution < -0.4 is 11.5 Å². The van der Waals surface area contributed by atoms with Crippen molar-refractivity contribution < 1.29 is 59.8 Å². The predicted octanol–water partition coefficient (Wildman–Crippen LogP) is -1.73. The lowest BCUT2D eigenvalue weighted by atomic mass is 9.84. The summed E-state index contributed by atoms with van der Waals surface area (Å²) < 4.78 is 22.8. The average Bonchev–Trinajstić information content (AvgIpc) is 3.03. The average molecular weight is 688 g/mol. The summed E-state index contributed by atoms with van der Waals surface area (Å²) in [5, 5.41) is 83.3. The van der Waals surface area contributed by atoms with E-state index >= 15 is 0 Å². The Morgan fingerprint density at radius 3 is 1.77 bits per heavy atom. The number of hydrogen-bond acceptors (Lipinski definition) is 15. The van der Waals surface area contributed by atoms with Crippen molar-refractivity contribution >= 4 is 6.21 Å². The largest absolute Gasteiger partial charge is 0.394 e. The van der Waals surface area contributed by atoms with Crippen LogP contribution in [-0.4, -0.2) is 152 Å². The van der Waals surface area contributed by atoms with Gasteiger partial charge in [-0.1, -0.05) is 28.9 Å². The number of aliphatic hydroxyl groups excluding tert-OH is 8. The molecule has 3 fully saturated rings. The highest BCUT2D eigenvalue weighted by molar-refractivity contribution is 5.72. The van der Waals surface area contributed by atoms with Gasteiger partial charge in [0.25, 0.3) is 0 Å². The number of aliphatic hydroxyl groups is 8. The van der Waals surface area contributed by atoms with E-state index in [1.165, 1.54) is 17.4 Å². The van der Waals surface area contributed by atoms with Crippen molar-refractivity contribution in [3.05, 3.63) is 34.9 Å². The van der Waals surface area contributed by atoms with Gasteiger partial charge in [-0.2, -0.15) is 0 Å². The van der Waals surface area contributed by atoms with Gasteiger partial charge >= 0.3 is 0 Å². The summed E-state index contributed by atoms with van der Waals surface area (Å²) in [6.45, 7) is 6.95. The van der Waals surface area contributed by atoms with Crippen LogP contribution in [0.3, 0.4) is 0 Å². The van der Waals surface area contributed by atoms with Gasteiger partial charge in [0.05, 0.1) is 13.2 Å². The molecule has 0 aromatic carbocycles. The number of hydrogen-bond donors (Lipinski definition) is 10. The summed E-state index contributed by atoms with van der Waals surface area (Å²) in [5.41, 5.74) is 16.2. The van der Waals surface area contributed by atoms with Crippen LogP contribution in [0.25, 0.3) is 0 Å². The summed E-state index contributed by atoms with van der Waals surface area (Å²) in [4.78, 5) is 4.36. The van der Waals surface area contributed by atoms with E-state index in [-0.39, 0.29) is 6.42 Å². The molecule has 2 saturated heterocycles. The quantitative estimate of drug-likeness (QED) is 0.0719. The maximum Gasteiger partial charge on any atom is 0.187 e. The Balaban J connectivity index is 1.67. The molecule has 2 aliphatic heterocycles. The molecule has 12 N–H and O–H groups in total. The molecule has 15 nitrogen and oxygen atoms in total. The monoisotopic (exact) mass is 687 g/mol. The van der Waals surface area contributed by atoms with Gasteiger partial charge in [0.2, 0.25) is 0 Å². The maximum absolute atomic E-state index is 11.3. The fourth-order valence-corrected chi connectivity index (χ4v) is 6.07. The van der Waals surface area contributed by atoms with Crippen molar-refractivity contribution in [2.24, 2.45) is 16.5 Å². The lowest BCUT2D eigenvalue weighted by molar-refractivity contribution is -0.335. The van der Waals surface area contributed by atoms with E-state index in [1.54, 1.807) is 6.08 Å². The second kappa shape index (κ2) is 19.1. The van der Waals surface area contributed by atoms with E-state index in [0.29, 0.717) is 0 Å². The Morgan fingerprint density at radius 1 is 0.688 bits per heavy atom. The van der Waals surface area contributed by atoms with Crippen molar-refractivity contribution in [3.63, 3.8) is 0 Å². The SMILES string of the molecule is CC(C)=CCC/C(C)=C/CC/C(C)=C/C=NC1C(O)C(CO)OC(OC2C(N)CC(N)C(OC3OC(CO)C(O)C(O)C3O)C2O)C1O. The Hall–Kier alpha value is -1.67. The molecule has 0 aromatic rings. The topological polar surface area (TPSA) is 263 Å². The Morgan fingerprint density at radius 2 is 1.21 bits per heavy atom. The van der Waals surface area contributed by atoms with Crippen molar-refractivity contribution in [1.29, 1.82) is 0 Å². The minimum atomic E-state index is -1.73. The highest BCUT2D eigenvalue weighted by Gasteiger charge is 2.52. The number of ether oxygens (including phenoxy) is 4. The summed E-state index contributed by atoms with van der Waals surface area (Å²) in [6.07, 6.45) is -6.10. The molecule has 2 heterocycles. The normalized spacial score (nSPS) is 41.5. The van der Waals surface area contributed by atoms with Gasteiger partial charge in [0.1, 0.15) is 67.1 Å². The summed E-state index contributed by atoms with van der Waals surface area (Å²) in [5.74, 6) is 0. The molecule has 15 unspecified atom stereocenters. The van der Waals surface area contributed by atoms with E-state index in [4.69, 9.17) is 30.4 Å². The zero-order chi connectivity index (χ0) is 35.7. The molecular weight excluding hydrogens is 630 g/mol. The third-order valence-corrected chi connectivity index (χ3v) is 9.08. The molecule has 48 heavy (non-hydrogen) atoms. The third-order valence-electron chi connectivity index (χ3n) is 9.08. The van der Waals surface area contributed by atoms with E-state index in [0.717, 1.165) is 31.3 Å². The molecule has 0 bridgehead atoms. The first-order valence-corrected chi connectivity index (χ1v) is 16.6. The highest BCUT2D eigenvalue weighted by Crippen LogP contribution is 2.32. The highest BCUT2D eigenvalue weighted by atomic mass is 16.7. The first-order chi connectivity index (χ1) is 22.7. The zero-order valence-electron chi connectivity index (χ0n) is 28.2. The lowest BCUT2D eigenvalue weighted by Gasteiger charge is -2.48. The molecule has 1 aliphatic carbocycles. The second-order valence-corrected chi connectivity index (χ2v) is 13.4. The van der Waals surface area contributed by atoms with Crippen LogP contribution >= 0.6 is 0 Å². The third kappa shape index (κ3) is 10.7. The van der Waals surface area contributed by atoms with Crippen LogP contribution in [0.2, 0.25) is 0 Å². The number of nitrogens with two attached hydrogens (primary N) is 2. The van der Waals surface area contributed by atoms with Crippen LogP contribution in [0.1, 0.15) is 59.8 Å². The number of nitrogens with zero attached hydrogens (tertiary/aromatic N) is 1. The van der Waals surface area contributed by atoms with Gasteiger partial charge in [-0.15, -0.1) is 0 Å². The molecule has 15 atom stereocenters. The molecule has 0 amide bonds. The van der Waals surface area contributed by atoms with Crippen LogP contribution in [0.5, 0.6) is 0 Å². The Kier molecular flexibility index (Phi) is 16.2. The van der Waals surface area contributed by atoms with E-state index in [1.807, 2.05) is 6.92 Å². The molecule has 0 spiro atoms. The Labute approximate surface area is 282 Å². The van der Waals surface area contributed by atoms with Crippen LogP contribution in [-0.2, 0) is 18.9 Å². The Bertz CT molecular complexity index is 1120. The van der Waals surface area contributed by atoms with Gasteiger partial charge in [-0.3, -0.25) is 4.99 Å². The van der Waals surface area contributed by atoms with E-state index in [9.17, 15) is 40.9 Å². The lowest BCUT2D eigenvalue weighted by Crippen LogP contribution is -2.67. The first kappa shape index (κ1) is 40.8. The summed E-state index contributed by atoms with van der Waals surface area (Å²) in [6, 6.07) is -2.92. The van der Waals surface area contributed by atoms with Crippen LogP contribution in [0, 0.1) is 0 Å². The summed E-state index contributed by atoms with van der Waals surface area (Å²) in [7, 11) is 0. The van der Waals surface area contributed by atoms with Crippen LogP contribution in [0.15, 0.2) is 39.9 Å². The van der Waals surface area contributed by atoms with E-state index in [2.05, 4.69) is 37.9 Å². The van der Waals surface area contributed by atoms with Crippen molar-refractivity contribution in [2.45, 2.75) is 152 Å². The molecule has 3 aliphatic rings. The number of aliphatic imine (C=N–C) groups is 1. The smallest absolute Gasteiger partial charge is 0.187 e. The minimum Gasteiger partial charge on any atom is -0.394 e. The number of allylic oxidation sites excluding steroid dienone is 6. The fraction of sp³-hybridized carbons (Fsp3) is 0.788. The van der Waals surface area contributed by atoms with Gasteiger partial charge in [0.15, 0.2) is 12.6 Å². The molecule has 0 aromatic heterocycles. The molecule has 276 valence electrons. The molecular formula is C33H57N3O12. The first-order valence-electron chi connectivity index (χ1n) is 16.6. The van der Waals surface area contributed by atoms with Crippen molar-refractivity contribution in [1.82, 2.24) is 0 Å². The van der Waals surface area contributed by atoms with Gasteiger partial charge in [0, 0.05) is 18.3 Å². The van der Waals surface area contributed by atoms with Gasteiger partial charge in [-0.25, -0.2) is 0 Å². The molecule has 3 rings (SSSR count). The van der Waals surface area contributed by atoms with Gasteiger partial charge in [-0.05, 0) is 65.9 Å². The van der Waals surface area contributed by atoms with Crippen LogP contribution in [0.4, 0.5) is 0 Å². The van der Waals surface area contributed by atoms with Crippen molar-refractivity contribution in [3.8, 4) is 0 Å². The van der Waals surface area contributed by atoms with E-state index < -0.39 is 105 Å². The molecule has 1 saturated carbocycles. The molecule has 15 heteroatoms. The van der Waals surface area contributed by atoms with Gasteiger partial charge < -0.3 is 71.3 Å². The fourth-order valence-electron chi connectivity index (χ4n) is 6.07. The predicted molar refractivity (Wildman–Crippen MR) is 176 cm³/mol. The minimum absolute atomic E-state index is 0.0501. The second-order valence-electron chi connectivity index (χ2n) is 13.4. The number of rotatable bonds is 14. The van der Waals surface area contributed by atoms with Crippen molar-refractivity contribution in [2.75, 3.05) is 13.2 Å². The standard InChI is InChI=1S/C33H57N3O12/c1-16(2)7-5-8-17(3)9-6-10-18(4)11-12-36-23-24(39)21(14-37)45-32(26(23)41)47-30-19(34)13-20(35)31(29(30)44)48-33-28(43)27(42)25(40)22(15-38)46-33/h7,9,11-12,19-33,37-44H,5-6,8,10,13-15,34-35H2,1-4H3/b17-9+,18-11+,36-12?. The molecule has 0 radical (unpaired) electrons. The zero-order valence-corrected chi connectivity index (χ0v) is 28.2. The maximum atomic E-state index is 11.3. The summed E-state index contributed by atoms with van der Waals surface area (Å²) >= 11 is 0.